The molecule has 0 saturated carbocycles. The third-order valence-electron chi connectivity index (χ3n) is 3.98. The molecule has 4 nitrogen and oxygen atoms in total. The quantitative estimate of drug-likeness (QED) is 0.783. The minimum Gasteiger partial charge on any atom is -0.367 e. The van der Waals surface area contributed by atoms with Crippen molar-refractivity contribution < 1.29 is 0 Å². The zero-order chi connectivity index (χ0) is 15.1. The highest BCUT2D eigenvalue weighted by molar-refractivity contribution is 7.99. The average Bonchev–Trinajstić information content (AvgIpc) is 2.49. The second-order valence-corrected chi connectivity index (χ2v) is 7.33. The third-order valence-corrected chi connectivity index (χ3v) is 4.85. The van der Waals surface area contributed by atoms with E-state index in [1.165, 1.54) is 44.0 Å². The van der Waals surface area contributed by atoms with Gasteiger partial charge >= 0.3 is 0 Å². The fourth-order valence-electron chi connectivity index (χ4n) is 2.62. The lowest BCUT2D eigenvalue weighted by Crippen LogP contribution is -2.40. The van der Waals surface area contributed by atoms with E-state index < -0.39 is 0 Å². The Kier molecular flexibility index (Phi) is 6.77. The molecule has 0 radical (unpaired) electrons. The Labute approximate surface area is 133 Å². The van der Waals surface area contributed by atoms with Crippen LogP contribution < -0.4 is 5.32 Å². The number of hydrogen-bond acceptors (Lipinski definition) is 5. The molecule has 5 heteroatoms. The lowest BCUT2D eigenvalue weighted by molar-refractivity contribution is 0.231. The van der Waals surface area contributed by atoms with Crippen LogP contribution in [0.4, 0.5) is 5.82 Å². The Morgan fingerprint density at radius 1 is 1.33 bits per heavy atom. The molecule has 1 aromatic heterocycles. The number of rotatable bonds is 7. The number of nitrogens with one attached hydrogen (secondary N) is 1. The van der Waals surface area contributed by atoms with Crippen LogP contribution in [0.2, 0.25) is 0 Å². The molecule has 21 heavy (non-hydrogen) atoms. The summed E-state index contributed by atoms with van der Waals surface area (Å²) in [6, 6.07) is 2.64. The minimum atomic E-state index is 0.450. The van der Waals surface area contributed by atoms with E-state index in [1.807, 2.05) is 11.8 Å². The maximum absolute atomic E-state index is 4.36. The number of nitrogens with zero attached hydrogens (tertiary/aromatic N) is 3. The van der Waals surface area contributed by atoms with Crippen molar-refractivity contribution in [1.29, 1.82) is 0 Å². The summed E-state index contributed by atoms with van der Waals surface area (Å²) >= 11 is 2.04. The first-order valence-corrected chi connectivity index (χ1v) is 9.23. The Balaban J connectivity index is 1.77. The van der Waals surface area contributed by atoms with Crippen molar-refractivity contribution in [1.82, 2.24) is 14.9 Å². The molecule has 0 amide bonds. The zero-order valence-corrected chi connectivity index (χ0v) is 14.3. The lowest BCUT2D eigenvalue weighted by Gasteiger charge is -2.32. The first kappa shape index (κ1) is 16.6. The summed E-state index contributed by atoms with van der Waals surface area (Å²) in [4.78, 5) is 11.3. The van der Waals surface area contributed by atoms with E-state index in [2.05, 4.69) is 47.0 Å². The topological polar surface area (TPSA) is 41.0 Å². The number of likely N-dealkylation sites (tertiary alicyclic amines) is 1. The van der Waals surface area contributed by atoms with Gasteiger partial charge in [-0.05, 0) is 24.5 Å². The molecule has 1 aliphatic heterocycles. The predicted octanol–water partition coefficient (Wildman–Crippen LogP) is 3.23. The maximum atomic E-state index is 4.36. The number of aromatic nitrogens is 2. The number of thioether (sulfide) groups is 1. The Hall–Kier alpha value is -0.810. The first-order chi connectivity index (χ1) is 10.2. The standard InChI is InChI=1S/C16H28N4S/c1-4-21-10-9-20-7-5-14(6-8-20)19-16-11-15(13(2)3)17-12-18-16/h11-14H,4-10H2,1-3H3,(H,17,18,19). The summed E-state index contributed by atoms with van der Waals surface area (Å²) in [5.74, 6) is 3.92. The van der Waals surface area contributed by atoms with Crippen molar-refractivity contribution in [2.75, 3.05) is 36.5 Å². The normalized spacial score (nSPS) is 17.3. The molecule has 118 valence electrons. The van der Waals surface area contributed by atoms with Gasteiger partial charge in [-0.15, -0.1) is 0 Å². The number of anilines is 1. The largest absolute Gasteiger partial charge is 0.367 e. The first-order valence-electron chi connectivity index (χ1n) is 8.07. The summed E-state index contributed by atoms with van der Waals surface area (Å²) in [5.41, 5.74) is 1.11. The molecular formula is C16H28N4S. The van der Waals surface area contributed by atoms with Crippen molar-refractivity contribution in [2.45, 2.75) is 45.6 Å². The molecule has 0 unspecified atom stereocenters. The Bertz CT molecular complexity index is 416. The fourth-order valence-corrected chi connectivity index (χ4v) is 3.29. The molecule has 1 N–H and O–H groups in total. The van der Waals surface area contributed by atoms with Gasteiger partial charge in [-0.1, -0.05) is 20.8 Å². The maximum Gasteiger partial charge on any atom is 0.129 e. The second kappa shape index (κ2) is 8.59. The van der Waals surface area contributed by atoms with Gasteiger partial charge in [0, 0.05) is 43.2 Å². The van der Waals surface area contributed by atoms with Crippen LogP contribution in [0, 0.1) is 0 Å². The van der Waals surface area contributed by atoms with E-state index in [0.717, 1.165) is 11.5 Å². The molecule has 1 fully saturated rings. The van der Waals surface area contributed by atoms with Gasteiger partial charge in [-0.2, -0.15) is 11.8 Å². The SMILES string of the molecule is CCSCCN1CCC(Nc2cc(C(C)C)ncn2)CC1. The molecule has 2 heterocycles. The van der Waals surface area contributed by atoms with Gasteiger partial charge in [-0.25, -0.2) is 9.97 Å². The van der Waals surface area contributed by atoms with Gasteiger partial charge in [0.1, 0.15) is 12.1 Å². The molecule has 1 saturated heterocycles. The van der Waals surface area contributed by atoms with Gasteiger partial charge in [0.25, 0.3) is 0 Å². The molecule has 0 bridgehead atoms. The molecule has 0 aromatic carbocycles. The van der Waals surface area contributed by atoms with E-state index in [-0.39, 0.29) is 0 Å². The van der Waals surface area contributed by atoms with Crippen molar-refractivity contribution in [3.63, 3.8) is 0 Å². The van der Waals surface area contributed by atoms with E-state index >= 15 is 0 Å². The van der Waals surface area contributed by atoms with Gasteiger partial charge in [0.05, 0.1) is 0 Å². The second-order valence-electron chi connectivity index (χ2n) is 5.94. The number of piperidine rings is 1. The average molecular weight is 308 g/mol. The molecule has 1 aliphatic rings. The van der Waals surface area contributed by atoms with Crippen LogP contribution >= 0.6 is 11.8 Å². The zero-order valence-electron chi connectivity index (χ0n) is 13.5. The van der Waals surface area contributed by atoms with Gasteiger partial charge in [-0.3, -0.25) is 0 Å². The van der Waals surface area contributed by atoms with E-state index in [1.54, 1.807) is 6.33 Å². The molecule has 0 atom stereocenters. The van der Waals surface area contributed by atoms with Gasteiger partial charge in [0.15, 0.2) is 0 Å². The third kappa shape index (κ3) is 5.47. The Morgan fingerprint density at radius 2 is 2.10 bits per heavy atom. The van der Waals surface area contributed by atoms with Crippen molar-refractivity contribution in [3.05, 3.63) is 18.1 Å². The smallest absolute Gasteiger partial charge is 0.129 e. The van der Waals surface area contributed by atoms with Crippen LogP contribution in [0.5, 0.6) is 0 Å². The molecule has 0 spiro atoms. The van der Waals surface area contributed by atoms with Gasteiger partial charge in [0.2, 0.25) is 0 Å². The highest BCUT2D eigenvalue weighted by atomic mass is 32.2. The lowest BCUT2D eigenvalue weighted by atomic mass is 10.0. The molecule has 0 aliphatic carbocycles. The van der Waals surface area contributed by atoms with Crippen LogP contribution in [0.3, 0.4) is 0 Å². The van der Waals surface area contributed by atoms with Crippen molar-refractivity contribution in [2.24, 2.45) is 0 Å². The van der Waals surface area contributed by atoms with Gasteiger partial charge < -0.3 is 10.2 Å². The molecular weight excluding hydrogens is 280 g/mol. The van der Waals surface area contributed by atoms with Crippen LogP contribution in [-0.4, -0.2) is 52.0 Å². The highest BCUT2D eigenvalue weighted by Gasteiger charge is 2.19. The highest BCUT2D eigenvalue weighted by Crippen LogP contribution is 2.18. The summed E-state index contributed by atoms with van der Waals surface area (Å²) < 4.78 is 0. The van der Waals surface area contributed by atoms with Crippen molar-refractivity contribution >= 4 is 17.6 Å². The summed E-state index contributed by atoms with van der Waals surface area (Å²) in [6.07, 6.45) is 4.09. The van der Waals surface area contributed by atoms with Crippen LogP contribution in [0.1, 0.15) is 45.2 Å². The number of hydrogen-bond donors (Lipinski definition) is 1. The summed E-state index contributed by atoms with van der Waals surface area (Å²) in [6.45, 7) is 10.2. The minimum absolute atomic E-state index is 0.450. The summed E-state index contributed by atoms with van der Waals surface area (Å²) in [7, 11) is 0. The van der Waals surface area contributed by atoms with Crippen LogP contribution in [-0.2, 0) is 0 Å². The monoisotopic (exact) mass is 308 g/mol. The van der Waals surface area contributed by atoms with Crippen molar-refractivity contribution in [3.8, 4) is 0 Å². The van der Waals surface area contributed by atoms with Crippen LogP contribution in [0.15, 0.2) is 12.4 Å². The fraction of sp³-hybridized carbons (Fsp3) is 0.750. The van der Waals surface area contributed by atoms with E-state index in [0.29, 0.717) is 12.0 Å². The van der Waals surface area contributed by atoms with E-state index in [4.69, 9.17) is 0 Å². The summed E-state index contributed by atoms with van der Waals surface area (Å²) in [5, 5.41) is 3.58. The van der Waals surface area contributed by atoms with E-state index in [9.17, 15) is 0 Å². The molecule has 1 aromatic rings. The molecule has 2 rings (SSSR count). The predicted molar refractivity (Wildman–Crippen MR) is 92.2 cm³/mol. The Morgan fingerprint density at radius 3 is 2.76 bits per heavy atom. The van der Waals surface area contributed by atoms with Crippen LogP contribution in [0.25, 0.3) is 0 Å².